The van der Waals surface area contributed by atoms with Crippen LogP contribution in [0.5, 0.6) is 11.6 Å². The monoisotopic (exact) mass is 712 g/mol. The standard InChI is InChI=1S/C37H43F3N2O7Si/c1-19-15-25(47-37(38,39)40)23-16-22-17-24-29(42(6)7)31-28(34(41-48-31)46-18-21-13-11-10-12-14-21)33(45)36(24,49-50(8,9)35(3,4)5)32(44)27(22)30(43)26(23)20(19)2/h10-15,22,24,29,44H,16-18H2,1-9H3/t22-,24-,29-,36-/m0/s1. The Morgan fingerprint density at radius 1 is 1.08 bits per heavy atom. The van der Waals surface area contributed by atoms with Crippen LogP contribution in [0.1, 0.15) is 82.0 Å². The van der Waals surface area contributed by atoms with Gasteiger partial charge < -0.3 is 23.5 Å². The molecule has 4 atom stereocenters. The summed E-state index contributed by atoms with van der Waals surface area (Å²) < 4.78 is 64.3. The molecule has 1 aromatic heterocycles. The number of carbonyl (C=O) groups excluding carboxylic acids is 2. The first-order chi connectivity index (χ1) is 23.2. The van der Waals surface area contributed by atoms with Crippen LogP contribution in [0, 0.1) is 25.7 Å². The molecule has 50 heavy (non-hydrogen) atoms. The highest BCUT2D eigenvalue weighted by molar-refractivity contribution is 6.74. The van der Waals surface area contributed by atoms with Crippen molar-refractivity contribution in [3.63, 3.8) is 0 Å². The largest absolute Gasteiger partial charge is 0.573 e. The first-order valence-electron chi connectivity index (χ1n) is 16.6. The molecule has 0 spiro atoms. The molecule has 0 saturated heterocycles. The molecule has 0 saturated carbocycles. The maximum absolute atomic E-state index is 15.3. The Labute approximate surface area is 290 Å². The van der Waals surface area contributed by atoms with E-state index in [4.69, 9.17) is 13.7 Å². The molecule has 3 aromatic rings. The first-order valence-corrected chi connectivity index (χ1v) is 19.5. The molecule has 2 aromatic carbocycles. The summed E-state index contributed by atoms with van der Waals surface area (Å²) in [6, 6.07) is 9.93. The number of hydrogen-bond donors (Lipinski definition) is 1. The average molecular weight is 713 g/mol. The van der Waals surface area contributed by atoms with Gasteiger partial charge in [-0.25, -0.2) is 0 Å². The zero-order valence-electron chi connectivity index (χ0n) is 29.7. The molecule has 0 fully saturated rings. The van der Waals surface area contributed by atoms with E-state index in [0.29, 0.717) is 11.1 Å². The van der Waals surface area contributed by atoms with E-state index in [2.05, 4.69) is 9.89 Å². The zero-order valence-corrected chi connectivity index (χ0v) is 30.7. The van der Waals surface area contributed by atoms with E-state index in [1.165, 1.54) is 6.07 Å². The number of allylic oxidation sites excluding steroid dienone is 1. The van der Waals surface area contributed by atoms with Gasteiger partial charge in [0.1, 0.15) is 23.7 Å². The van der Waals surface area contributed by atoms with Crippen LogP contribution in [0.2, 0.25) is 18.1 Å². The van der Waals surface area contributed by atoms with Gasteiger partial charge in [-0.1, -0.05) is 51.1 Å². The van der Waals surface area contributed by atoms with E-state index in [-0.39, 0.29) is 53.4 Å². The van der Waals surface area contributed by atoms with Crippen molar-refractivity contribution in [2.75, 3.05) is 14.1 Å². The Morgan fingerprint density at radius 3 is 2.34 bits per heavy atom. The summed E-state index contributed by atoms with van der Waals surface area (Å²) in [6.07, 6.45) is -4.89. The molecule has 13 heteroatoms. The lowest BCUT2D eigenvalue weighted by Gasteiger charge is -2.55. The van der Waals surface area contributed by atoms with E-state index in [0.717, 1.165) is 5.56 Å². The highest BCUT2D eigenvalue weighted by Gasteiger charge is 2.67. The fraction of sp³-hybridized carbons (Fsp3) is 0.486. The van der Waals surface area contributed by atoms with Crippen LogP contribution in [-0.4, -0.2) is 61.1 Å². The molecule has 3 aliphatic rings. The highest BCUT2D eigenvalue weighted by atomic mass is 28.4. The number of aliphatic hydroxyl groups excluding tert-OH is 1. The summed E-state index contributed by atoms with van der Waals surface area (Å²) >= 11 is 0. The summed E-state index contributed by atoms with van der Waals surface area (Å²) in [5, 5.41) is 16.4. The Morgan fingerprint density at radius 2 is 1.74 bits per heavy atom. The van der Waals surface area contributed by atoms with Gasteiger partial charge in [0.05, 0.1) is 6.04 Å². The van der Waals surface area contributed by atoms with Crippen molar-refractivity contribution in [2.24, 2.45) is 11.8 Å². The van der Waals surface area contributed by atoms with E-state index < -0.39 is 66.3 Å². The number of Topliss-reactive ketones (excluding diaryl/α,β-unsaturated/α-hetero) is 2. The Kier molecular flexibility index (Phi) is 8.67. The predicted octanol–water partition coefficient (Wildman–Crippen LogP) is 8.22. The number of hydrogen-bond acceptors (Lipinski definition) is 9. The lowest BCUT2D eigenvalue weighted by Crippen LogP contribution is -2.65. The van der Waals surface area contributed by atoms with Crippen LogP contribution in [-0.2, 0) is 17.5 Å². The molecule has 0 bridgehead atoms. The Bertz CT molecular complexity index is 1890. The van der Waals surface area contributed by atoms with Crippen molar-refractivity contribution in [3.8, 4) is 11.6 Å². The van der Waals surface area contributed by atoms with Gasteiger partial charge in [0.15, 0.2) is 25.5 Å². The van der Waals surface area contributed by atoms with Crippen LogP contribution in [0.15, 0.2) is 52.3 Å². The molecule has 0 aliphatic heterocycles. The fourth-order valence-electron chi connectivity index (χ4n) is 7.52. The smallest absolute Gasteiger partial charge is 0.508 e. The Balaban J connectivity index is 1.59. The van der Waals surface area contributed by atoms with E-state index in [9.17, 15) is 23.1 Å². The van der Waals surface area contributed by atoms with Gasteiger partial charge in [-0.05, 0) is 92.7 Å². The van der Waals surface area contributed by atoms with Gasteiger partial charge in [0.2, 0.25) is 5.78 Å². The van der Waals surface area contributed by atoms with E-state index in [1.54, 1.807) is 27.9 Å². The van der Waals surface area contributed by atoms with Crippen LogP contribution in [0.4, 0.5) is 13.2 Å². The number of aryl methyl sites for hydroxylation is 1. The van der Waals surface area contributed by atoms with Gasteiger partial charge >= 0.3 is 6.36 Å². The fourth-order valence-corrected chi connectivity index (χ4v) is 8.97. The normalized spacial score (nSPS) is 23.7. The third kappa shape index (κ3) is 5.67. The molecule has 1 N–H and O–H groups in total. The maximum Gasteiger partial charge on any atom is 0.573 e. The van der Waals surface area contributed by atoms with Crippen LogP contribution < -0.4 is 9.47 Å². The number of nitrogens with zero attached hydrogens (tertiary/aromatic N) is 2. The van der Waals surface area contributed by atoms with E-state index in [1.807, 2.05) is 69.1 Å². The minimum Gasteiger partial charge on any atom is -0.508 e. The molecular weight excluding hydrogens is 669 g/mol. The SMILES string of the molecule is Cc1cc(OC(F)(F)F)c2c(c1C)C(=O)C1=C(O)[C@]3(O[Si](C)(C)C(C)(C)C)C(=O)c4c(OCc5ccccc5)noc4[C@@H](N(C)C)[C@@H]3C[C@@H]1C2. The quantitative estimate of drug-likeness (QED) is 0.242. The number of benzene rings is 2. The zero-order chi connectivity index (χ0) is 36.7. The van der Waals surface area contributed by atoms with Crippen molar-refractivity contribution in [3.05, 3.63) is 86.9 Å². The number of ketones is 2. The predicted molar refractivity (Wildman–Crippen MR) is 181 cm³/mol. The molecule has 3 aliphatic carbocycles. The lowest BCUT2D eigenvalue weighted by molar-refractivity contribution is -0.275. The maximum atomic E-state index is 15.3. The summed E-state index contributed by atoms with van der Waals surface area (Å²) in [5.74, 6) is -3.63. The van der Waals surface area contributed by atoms with Crippen molar-refractivity contribution in [1.82, 2.24) is 10.1 Å². The van der Waals surface area contributed by atoms with Crippen molar-refractivity contribution in [2.45, 2.75) is 90.2 Å². The Hall–Kier alpha value is -3.94. The number of aromatic nitrogens is 1. The first kappa shape index (κ1) is 35.9. The number of carbonyl (C=O) groups is 2. The van der Waals surface area contributed by atoms with Crippen LogP contribution in [0.3, 0.4) is 0 Å². The molecule has 268 valence electrons. The van der Waals surface area contributed by atoms with Gasteiger partial charge in [0, 0.05) is 22.6 Å². The molecule has 6 rings (SSSR count). The van der Waals surface area contributed by atoms with Gasteiger partial charge in [-0.15, -0.1) is 13.2 Å². The van der Waals surface area contributed by atoms with Gasteiger partial charge in [-0.3, -0.25) is 14.5 Å². The minimum atomic E-state index is -4.98. The van der Waals surface area contributed by atoms with Crippen molar-refractivity contribution in [1.29, 1.82) is 0 Å². The summed E-state index contributed by atoms with van der Waals surface area (Å²) in [4.78, 5) is 31.7. The second-order valence-electron chi connectivity index (χ2n) is 15.4. The second-order valence-corrected chi connectivity index (χ2v) is 20.1. The number of aliphatic hydroxyl groups is 1. The molecule has 9 nitrogen and oxygen atoms in total. The van der Waals surface area contributed by atoms with E-state index >= 15 is 4.79 Å². The lowest BCUT2D eigenvalue weighted by atomic mass is 9.58. The molecule has 1 heterocycles. The summed E-state index contributed by atoms with van der Waals surface area (Å²) in [5.41, 5.74) is -0.163. The number of halogens is 3. The number of alkyl halides is 3. The average Bonchev–Trinajstić information content (AvgIpc) is 3.42. The van der Waals surface area contributed by atoms with Gasteiger partial charge in [0.25, 0.3) is 5.88 Å². The third-order valence-corrected chi connectivity index (χ3v) is 15.5. The molecule has 0 amide bonds. The molecular formula is C37H43F3N2O7Si. The topological polar surface area (TPSA) is 111 Å². The molecule has 0 unspecified atom stereocenters. The number of rotatable bonds is 7. The minimum absolute atomic E-state index is 0.0248. The molecule has 0 radical (unpaired) electrons. The number of fused-ring (bicyclic) bond motifs is 4. The van der Waals surface area contributed by atoms with Crippen LogP contribution >= 0.6 is 0 Å². The third-order valence-electron chi connectivity index (χ3n) is 11.0. The highest BCUT2D eigenvalue weighted by Crippen LogP contribution is 2.60. The summed E-state index contributed by atoms with van der Waals surface area (Å²) in [6.45, 7) is 13.3. The van der Waals surface area contributed by atoms with Crippen molar-refractivity contribution < 1.29 is 46.3 Å². The summed E-state index contributed by atoms with van der Waals surface area (Å²) in [7, 11) is 0.663. The van der Waals surface area contributed by atoms with Gasteiger partial charge in [-0.2, -0.15) is 0 Å². The number of ether oxygens (including phenoxy) is 2. The van der Waals surface area contributed by atoms with Crippen LogP contribution in [0.25, 0.3) is 0 Å². The van der Waals surface area contributed by atoms with Crippen molar-refractivity contribution >= 4 is 19.9 Å². The second kappa shape index (κ2) is 12.1.